The number of hydrogen-bond acceptors (Lipinski definition) is 1. The third-order valence-corrected chi connectivity index (χ3v) is 5.23. The van der Waals surface area contributed by atoms with Crippen molar-refractivity contribution < 1.29 is 0 Å². The molecule has 2 aromatic rings. The normalized spacial score (nSPS) is 17.3. The Labute approximate surface area is 127 Å². The third-order valence-electron chi connectivity index (χ3n) is 4.50. The Morgan fingerprint density at radius 3 is 2.74 bits per heavy atom. The minimum atomic E-state index is 0.460. The minimum absolute atomic E-state index is 0.460. The molecule has 0 N–H and O–H groups in total. The summed E-state index contributed by atoms with van der Waals surface area (Å²) in [5.74, 6) is 2.17. The number of hydrogen-bond donors (Lipinski definition) is 0. The lowest BCUT2D eigenvalue weighted by atomic mass is 9.92. The van der Waals surface area contributed by atoms with Crippen LogP contribution in [0, 0.1) is 11.3 Å². The molecule has 1 heterocycles. The molecule has 0 radical (unpaired) electrons. The van der Waals surface area contributed by atoms with E-state index in [9.17, 15) is 0 Å². The van der Waals surface area contributed by atoms with Crippen molar-refractivity contribution >= 4 is 38.6 Å². The van der Waals surface area contributed by atoms with Gasteiger partial charge in [-0.1, -0.05) is 29.8 Å². The smallest absolute Gasteiger partial charge is 0.124 e. The number of aromatic nitrogens is 2. The maximum absolute atomic E-state index is 6.08. The molecule has 3 rings (SSSR count). The molecule has 1 aromatic carbocycles. The first kappa shape index (κ1) is 13.4. The second-order valence-electron chi connectivity index (χ2n) is 5.90. The highest BCUT2D eigenvalue weighted by Crippen LogP contribution is 2.53. The molecule has 0 aliphatic heterocycles. The summed E-state index contributed by atoms with van der Waals surface area (Å²) >= 11 is 9.58. The van der Waals surface area contributed by atoms with E-state index in [4.69, 9.17) is 11.6 Å². The summed E-state index contributed by atoms with van der Waals surface area (Å²) in [5, 5.41) is 0. The van der Waals surface area contributed by atoms with E-state index in [1.807, 2.05) is 0 Å². The van der Waals surface area contributed by atoms with Crippen molar-refractivity contribution in [3.63, 3.8) is 0 Å². The Balaban J connectivity index is 2.06. The molecular weight excluding hydrogens is 324 g/mol. The van der Waals surface area contributed by atoms with Crippen molar-refractivity contribution in [2.75, 3.05) is 0 Å². The molecule has 0 unspecified atom stereocenters. The summed E-state index contributed by atoms with van der Waals surface area (Å²) < 4.78 is 3.39. The van der Waals surface area contributed by atoms with Crippen molar-refractivity contribution in [3.05, 3.63) is 28.5 Å². The predicted octanol–water partition coefficient (Wildman–Crippen LogP) is 4.97. The molecule has 0 saturated heterocycles. The molecule has 1 saturated carbocycles. The zero-order valence-electron chi connectivity index (χ0n) is 11.3. The molecule has 1 aliphatic rings. The highest BCUT2D eigenvalue weighted by atomic mass is 79.9. The lowest BCUT2D eigenvalue weighted by Gasteiger charge is -2.21. The van der Waals surface area contributed by atoms with E-state index in [0.29, 0.717) is 17.2 Å². The van der Waals surface area contributed by atoms with Gasteiger partial charge in [0.1, 0.15) is 5.82 Å². The molecule has 0 atom stereocenters. The van der Waals surface area contributed by atoms with Gasteiger partial charge in [0.05, 0.1) is 16.9 Å². The van der Waals surface area contributed by atoms with Gasteiger partial charge in [-0.3, -0.25) is 0 Å². The van der Waals surface area contributed by atoms with Crippen LogP contribution < -0.4 is 0 Å². The predicted molar refractivity (Wildman–Crippen MR) is 83.5 cm³/mol. The molecule has 4 heteroatoms. The van der Waals surface area contributed by atoms with Crippen molar-refractivity contribution in [2.24, 2.45) is 11.3 Å². The Hall–Kier alpha value is -0.540. The van der Waals surface area contributed by atoms with Crippen LogP contribution >= 0.6 is 27.5 Å². The zero-order chi connectivity index (χ0) is 13.6. The molecule has 102 valence electrons. The molecule has 0 bridgehead atoms. The van der Waals surface area contributed by atoms with E-state index in [1.54, 1.807) is 0 Å². The highest BCUT2D eigenvalue weighted by Gasteiger charge is 2.45. The Kier molecular flexibility index (Phi) is 3.38. The minimum Gasteiger partial charge on any atom is -0.326 e. The lowest BCUT2D eigenvalue weighted by Crippen LogP contribution is -2.19. The summed E-state index contributed by atoms with van der Waals surface area (Å²) in [6, 6.07) is 6.28. The van der Waals surface area contributed by atoms with Gasteiger partial charge in [0, 0.05) is 11.0 Å². The largest absolute Gasteiger partial charge is 0.326 e. The Morgan fingerprint density at radius 2 is 2.16 bits per heavy atom. The van der Waals surface area contributed by atoms with Crippen molar-refractivity contribution in [2.45, 2.75) is 39.1 Å². The fraction of sp³-hybridized carbons (Fsp3) is 0.533. The first-order valence-electron chi connectivity index (χ1n) is 6.76. The average Bonchev–Trinajstić information content (AvgIpc) is 3.08. The fourth-order valence-electron chi connectivity index (χ4n) is 2.82. The van der Waals surface area contributed by atoms with E-state index in [1.165, 1.54) is 18.4 Å². The van der Waals surface area contributed by atoms with Crippen LogP contribution in [0.1, 0.15) is 32.5 Å². The number of nitrogens with zero attached hydrogens (tertiary/aromatic N) is 2. The van der Waals surface area contributed by atoms with Crippen LogP contribution in [0.2, 0.25) is 0 Å². The molecule has 0 amide bonds. The van der Waals surface area contributed by atoms with Gasteiger partial charge in [0.15, 0.2) is 0 Å². The Bertz CT molecular complexity index is 614. The molecule has 2 nitrogen and oxygen atoms in total. The summed E-state index contributed by atoms with van der Waals surface area (Å²) in [5.41, 5.74) is 2.69. The van der Waals surface area contributed by atoms with E-state index < -0.39 is 0 Å². The van der Waals surface area contributed by atoms with Crippen molar-refractivity contribution in [1.29, 1.82) is 0 Å². The van der Waals surface area contributed by atoms with Crippen LogP contribution in [-0.4, -0.2) is 9.55 Å². The van der Waals surface area contributed by atoms with Gasteiger partial charge < -0.3 is 4.57 Å². The summed E-state index contributed by atoms with van der Waals surface area (Å²) in [7, 11) is 0. The number of rotatable bonds is 4. The number of imidazole rings is 1. The first-order chi connectivity index (χ1) is 9.05. The van der Waals surface area contributed by atoms with E-state index in [2.05, 4.69) is 57.5 Å². The van der Waals surface area contributed by atoms with Gasteiger partial charge in [0.2, 0.25) is 0 Å². The van der Waals surface area contributed by atoms with Crippen molar-refractivity contribution in [3.8, 4) is 0 Å². The Morgan fingerprint density at radius 1 is 1.42 bits per heavy atom. The van der Waals surface area contributed by atoms with Crippen molar-refractivity contribution in [1.82, 2.24) is 9.55 Å². The zero-order valence-corrected chi connectivity index (χ0v) is 13.6. The maximum Gasteiger partial charge on any atom is 0.124 e. The van der Waals surface area contributed by atoms with Crippen LogP contribution in [0.15, 0.2) is 22.7 Å². The van der Waals surface area contributed by atoms with Crippen LogP contribution in [0.25, 0.3) is 11.0 Å². The summed E-state index contributed by atoms with van der Waals surface area (Å²) in [6.45, 7) is 5.69. The monoisotopic (exact) mass is 340 g/mol. The third kappa shape index (κ3) is 2.31. The second-order valence-corrected chi connectivity index (χ2v) is 7.08. The average molecular weight is 342 g/mol. The van der Waals surface area contributed by atoms with Gasteiger partial charge in [-0.25, -0.2) is 4.98 Å². The quantitative estimate of drug-likeness (QED) is 0.718. The van der Waals surface area contributed by atoms with Gasteiger partial charge in [-0.05, 0) is 42.4 Å². The highest BCUT2D eigenvalue weighted by molar-refractivity contribution is 9.10. The molecule has 1 aromatic heterocycles. The lowest BCUT2D eigenvalue weighted by molar-refractivity contribution is 0.309. The molecule has 19 heavy (non-hydrogen) atoms. The SMILES string of the molecule is CC(C)C1(Cn2c(CCl)nc3cc(Br)ccc32)CC1. The van der Waals surface area contributed by atoms with Crippen LogP contribution in [0.4, 0.5) is 0 Å². The number of alkyl halides is 1. The molecule has 1 fully saturated rings. The topological polar surface area (TPSA) is 17.8 Å². The van der Waals surface area contributed by atoms with Gasteiger partial charge >= 0.3 is 0 Å². The number of benzene rings is 1. The van der Waals surface area contributed by atoms with Crippen LogP contribution in [-0.2, 0) is 12.4 Å². The summed E-state index contributed by atoms with van der Waals surface area (Å²) in [6.07, 6.45) is 2.64. The van der Waals surface area contributed by atoms with E-state index >= 15 is 0 Å². The second kappa shape index (κ2) is 4.78. The number of halogens is 2. The van der Waals surface area contributed by atoms with Crippen LogP contribution in [0.5, 0.6) is 0 Å². The fourth-order valence-corrected chi connectivity index (χ4v) is 3.38. The van der Waals surface area contributed by atoms with Gasteiger partial charge in [-0.2, -0.15) is 0 Å². The first-order valence-corrected chi connectivity index (χ1v) is 8.09. The van der Waals surface area contributed by atoms with Gasteiger partial charge in [0.25, 0.3) is 0 Å². The van der Waals surface area contributed by atoms with Gasteiger partial charge in [-0.15, -0.1) is 11.6 Å². The maximum atomic E-state index is 6.08. The molecule has 0 spiro atoms. The number of fused-ring (bicyclic) bond motifs is 1. The molecular formula is C15H18BrClN2. The van der Waals surface area contributed by atoms with E-state index in [-0.39, 0.29) is 0 Å². The van der Waals surface area contributed by atoms with Crippen LogP contribution in [0.3, 0.4) is 0 Å². The summed E-state index contributed by atoms with van der Waals surface area (Å²) in [4.78, 5) is 4.66. The molecule has 1 aliphatic carbocycles. The standard InChI is InChI=1S/C15H18BrClN2/c1-10(2)15(5-6-15)9-19-13-4-3-11(16)7-12(13)18-14(19)8-17/h3-4,7,10H,5-6,8-9H2,1-2H3. The van der Waals surface area contributed by atoms with E-state index in [0.717, 1.165) is 22.4 Å².